The van der Waals surface area contributed by atoms with E-state index in [9.17, 15) is 0 Å². The fourth-order valence-corrected chi connectivity index (χ4v) is 2.31. The molecule has 1 aromatic carbocycles. The van der Waals surface area contributed by atoms with E-state index in [0.717, 1.165) is 19.6 Å². The molecule has 106 valence electrons. The van der Waals surface area contributed by atoms with Crippen molar-refractivity contribution >= 4 is 0 Å². The van der Waals surface area contributed by atoms with Crippen LogP contribution < -0.4 is 5.32 Å². The van der Waals surface area contributed by atoms with Crippen LogP contribution >= 0.6 is 0 Å². The van der Waals surface area contributed by atoms with Crippen LogP contribution in [0.4, 0.5) is 0 Å². The number of hydrogen-bond donors (Lipinski definition) is 1. The van der Waals surface area contributed by atoms with Crippen molar-refractivity contribution < 1.29 is 0 Å². The summed E-state index contributed by atoms with van der Waals surface area (Å²) in [6, 6.07) is 11.7. The molecule has 0 saturated carbocycles. The molecule has 0 bridgehead atoms. The van der Waals surface area contributed by atoms with Gasteiger partial charge in [0.25, 0.3) is 0 Å². The standard InChI is InChI=1S/C17H28N2/c1-5-12-19(13-6-2)17(14-18-15(3)4)16-10-8-7-9-11-16/h5,7-11,15,17-18H,1,6,12-14H2,2-4H3. The smallest absolute Gasteiger partial charge is 0.0476 e. The molecule has 0 radical (unpaired) electrons. The summed E-state index contributed by atoms with van der Waals surface area (Å²) in [7, 11) is 0. The highest BCUT2D eigenvalue weighted by Gasteiger charge is 2.18. The number of nitrogens with zero attached hydrogens (tertiary/aromatic N) is 1. The second kappa shape index (κ2) is 8.89. The Labute approximate surface area is 118 Å². The van der Waals surface area contributed by atoms with Crippen LogP contribution in [0.3, 0.4) is 0 Å². The van der Waals surface area contributed by atoms with Gasteiger partial charge in [-0.15, -0.1) is 6.58 Å². The maximum Gasteiger partial charge on any atom is 0.0476 e. The first-order valence-corrected chi connectivity index (χ1v) is 7.32. The van der Waals surface area contributed by atoms with E-state index in [2.05, 4.69) is 67.9 Å². The Hall–Kier alpha value is -1.12. The Morgan fingerprint density at radius 1 is 1.26 bits per heavy atom. The van der Waals surface area contributed by atoms with E-state index in [-0.39, 0.29) is 0 Å². The SMILES string of the molecule is C=CCN(CCC)C(CNC(C)C)c1ccccc1. The van der Waals surface area contributed by atoms with E-state index in [1.807, 2.05) is 6.08 Å². The number of hydrogen-bond acceptors (Lipinski definition) is 2. The fraction of sp³-hybridized carbons (Fsp3) is 0.529. The summed E-state index contributed by atoms with van der Waals surface area (Å²) < 4.78 is 0. The predicted molar refractivity (Wildman–Crippen MR) is 84.4 cm³/mol. The van der Waals surface area contributed by atoms with Crippen LogP contribution in [0.5, 0.6) is 0 Å². The van der Waals surface area contributed by atoms with E-state index in [1.54, 1.807) is 0 Å². The fourth-order valence-electron chi connectivity index (χ4n) is 2.31. The van der Waals surface area contributed by atoms with E-state index >= 15 is 0 Å². The largest absolute Gasteiger partial charge is 0.313 e. The third-order valence-corrected chi connectivity index (χ3v) is 3.22. The van der Waals surface area contributed by atoms with Crippen LogP contribution in [0.1, 0.15) is 38.8 Å². The van der Waals surface area contributed by atoms with Crippen molar-refractivity contribution in [3.8, 4) is 0 Å². The van der Waals surface area contributed by atoms with Gasteiger partial charge in [-0.1, -0.05) is 57.2 Å². The van der Waals surface area contributed by atoms with Crippen molar-refractivity contribution in [1.29, 1.82) is 0 Å². The van der Waals surface area contributed by atoms with Gasteiger partial charge in [-0.2, -0.15) is 0 Å². The van der Waals surface area contributed by atoms with Crippen LogP contribution in [0.15, 0.2) is 43.0 Å². The maximum atomic E-state index is 3.89. The number of benzene rings is 1. The van der Waals surface area contributed by atoms with Gasteiger partial charge in [0, 0.05) is 25.2 Å². The Bertz CT molecular complexity index is 346. The first-order valence-electron chi connectivity index (χ1n) is 7.32. The van der Waals surface area contributed by atoms with Crippen LogP contribution in [-0.4, -0.2) is 30.6 Å². The second-order valence-corrected chi connectivity index (χ2v) is 5.27. The average molecular weight is 260 g/mol. The van der Waals surface area contributed by atoms with Gasteiger partial charge in [0.15, 0.2) is 0 Å². The molecule has 0 fully saturated rings. The minimum Gasteiger partial charge on any atom is -0.313 e. The minimum absolute atomic E-state index is 0.418. The van der Waals surface area contributed by atoms with Gasteiger partial charge in [-0.05, 0) is 18.5 Å². The highest BCUT2D eigenvalue weighted by atomic mass is 15.2. The highest BCUT2D eigenvalue weighted by Crippen LogP contribution is 2.20. The minimum atomic E-state index is 0.418. The Balaban J connectivity index is 2.85. The summed E-state index contributed by atoms with van der Waals surface area (Å²) in [5.74, 6) is 0. The van der Waals surface area contributed by atoms with Gasteiger partial charge in [-0.25, -0.2) is 0 Å². The summed E-state index contributed by atoms with van der Waals surface area (Å²) in [6.45, 7) is 13.5. The Morgan fingerprint density at radius 3 is 2.47 bits per heavy atom. The number of nitrogens with one attached hydrogen (secondary N) is 1. The van der Waals surface area contributed by atoms with Gasteiger partial charge in [0.2, 0.25) is 0 Å². The van der Waals surface area contributed by atoms with E-state index < -0.39 is 0 Å². The topological polar surface area (TPSA) is 15.3 Å². The lowest BCUT2D eigenvalue weighted by Gasteiger charge is -2.32. The molecule has 19 heavy (non-hydrogen) atoms. The van der Waals surface area contributed by atoms with Gasteiger partial charge in [-0.3, -0.25) is 4.90 Å². The van der Waals surface area contributed by atoms with Gasteiger partial charge in [0.05, 0.1) is 0 Å². The van der Waals surface area contributed by atoms with E-state index in [0.29, 0.717) is 12.1 Å². The van der Waals surface area contributed by atoms with Crippen LogP contribution in [-0.2, 0) is 0 Å². The molecule has 0 spiro atoms. The second-order valence-electron chi connectivity index (χ2n) is 5.27. The molecule has 0 aliphatic rings. The van der Waals surface area contributed by atoms with E-state index in [1.165, 1.54) is 12.0 Å². The third-order valence-electron chi connectivity index (χ3n) is 3.22. The van der Waals surface area contributed by atoms with Crippen molar-refractivity contribution in [3.63, 3.8) is 0 Å². The lowest BCUT2D eigenvalue weighted by atomic mass is 10.0. The molecule has 0 aromatic heterocycles. The van der Waals surface area contributed by atoms with Crippen molar-refractivity contribution in [3.05, 3.63) is 48.6 Å². The summed E-state index contributed by atoms with van der Waals surface area (Å²) in [4.78, 5) is 2.50. The summed E-state index contributed by atoms with van der Waals surface area (Å²) >= 11 is 0. The molecule has 0 amide bonds. The van der Waals surface area contributed by atoms with Gasteiger partial charge in [0.1, 0.15) is 0 Å². The molecular weight excluding hydrogens is 232 g/mol. The molecule has 2 heteroatoms. The van der Waals surface area contributed by atoms with Crippen LogP contribution in [0.2, 0.25) is 0 Å². The van der Waals surface area contributed by atoms with Crippen molar-refractivity contribution in [1.82, 2.24) is 10.2 Å². The Kier molecular flexibility index (Phi) is 7.46. The Morgan fingerprint density at radius 2 is 1.95 bits per heavy atom. The highest BCUT2D eigenvalue weighted by molar-refractivity contribution is 5.19. The molecular formula is C17H28N2. The first kappa shape index (κ1) is 15.9. The lowest BCUT2D eigenvalue weighted by molar-refractivity contribution is 0.211. The monoisotopic (exact) mass is 260 g/mol. The summed E-state index contributed by atoms with van der Waals surface area (Å²) in [6.07, 6.45) is 3.17. The first-order chi connectivity index (χ1) is 9.19. The predicted octanol–water partition coefficient (Wildman–Crippen LogP) is 3.62. The summed E-state index contributed by atoms with van der Waals surface area (Å²) in [5.41, 5.74) is 1.38. The van der Waals surface area contributed by atoms with E-state index in [4.69, 9.17) is 0 Å². The number of rotatable bonds is 9. The molecule has 0 saturated heterocycles. The van der Waals surface area contributed by atoms with Crippen molar-refractivity contribution in [2.75, 3.05) is 19.6 Å². The zero-order valence-electron chi connectivity index (χ0n) is 12.6. The van der Waals surface area contributed by atoms with Crippen LogP contribution in [0, 0.1) is 0 Å². The zero-order valence-corrected chi connectivity index (χ0v) is 12.6. The maximum absolute atomic E-state index is 3.89. The molecule has 1 atom stereocenters. The molecule has 1 N–H and O–H groups in total. The van der Waals surface area contributed by atoms with Gasteiger partial charge < -0.3 is 5.32 Å². The zero-order chi connectivity index (χ0) is 14.1. The quantitative estimate of drug-likeness (QED) is 0.682. The molecule has 1 unspecified atom stereocenters. The average Bonchev–Trinajstić information content (AvgIpc) is 2.40. The normalized spacial score (nSPS) is 12.9. The molecule has 0 aliphatic heterocycles. The third kappa shape index (κ3) is 5.58. The van der Waals surface area contributed by atoms with Crippen molar-refractivity contribution in [2.24, 2.45) is 0 Å². The molecule has 1 rings (SSSR count). The lowest BCUT2D eigenvalue weighted by Crippen LogP contribution is -2.38. The molecule has 0 aliphatic carbocycles. The molecule has 0 heterocycles. The molecule has 2 nitrogen and oxygen atoms in total. The van der Waals surface area contributed by atoms with Crippen LogP contribution in [0.25, 0.3) is 0 Å². The van der Waals surface area contributed by atoms with Gasteiger partial charge >= 0.3 is 0 Å². The molecule has 1 aromatic rings. The summed E-state index contributed by atoms with van der Waals surface area (Å²) in [5, 5.41) is 3.57. The van der Waals surface area contributed by atoms with Crippen molar-refractivity contribution in [2.45, 2.75) is 39.3 Å².